The second kappa shape index (κ2) is 7.58. The molecule has 0 radical (unpaired) electrons. The average molecular weight is 268 g/mol. The lowest BCUT2D eigenvalue weighted by molar-refractivity contribution is 0.104. The van der Waals surface area contributed by atoms with Crippen LogP contribution in [0.1, 0.15) is 26.7 Å². The largest absolute Gasteiger partial charge is 0.314 e. The fourth-order valence-corrected chi connectivity index (χ4v) is 3.23. The van der Waals surface area contributed by atoms with E-state index in [1.54, 1.807) is 0 Å². The first-order valence-corrected chi connectivity index (χ1v) is 8.04. The molecule has 2 heterocycles. The second-order valence-corrected chi connectivity index (χ2v) is 6.40. The molecule has 2 unspecified atom stereocenters. The molecule has 4 nitrogen and oxygen atoms in total. The molecule has 2 saturated heterocycles. The van der Waals surface area contributed by atoms with Gasteiger partial charge in [-0.2, -0.15) is 0 Å². The van der Waals surface area contributed by atoms with Crippen LogP contribution < -0.4 is 5.32 Å². The molecule has 0 amide bonds. The van der Waals surface area contributed by atoms with E-state index in [9.17, 15) is 0 Å². The molecule has 0 aliphatic carbocycles. The van der Waals surface area contributed by atoms with Gasteiger partial charge in [0.2, 0.25) is 0 Å². The zero-order valence-electron chi connectivity index (χ0n) is 13.1. The number of piperazine rings is 2. The lowest BCUT2D eigenvalue weighted by Gasteiger charge is -2.38. The van der Waals surface area contributed by atoms with Crippen LogP contribution >= 0.6 is 0 Å². The predicted molar refractivity (Wildman–Crippen MR) is 81.7 cm³/mol. The Kier molecular flexibility index (Phi) is 6.07. The lowest BCUT2D eigenvalue weighted by atomic mass is 10.0. The summed E-state index contributed by atoms with van der Waals surface area (Å²) < 4.78 is 0. The zero-order chi connectivity index (χ0) is 13.7. The van der Waals surface area contributed by atoms with Crippen molar-refractivity contribution >= 4 is 0 Å². The number of hydrogen-bond donors (Lipinski definition) is 1. The zero-order valence-corrected chi connectivity index (χ0v) is 13.1. The van der Waals surface area contributed by atoms with E-state index in [0.29, 0.717) is 0 Å². The Labute approximate surface area is 119 Å². The minimum absolute atomic E-state index is 0.747. The van der Waals surface area contributed by atoms with Gasteiger partial charge in [-0.15, -0.1) is 0 Å². The van der Waals surface area contributed by atoms with Crippen molar-refractivity contribution in [3.05, 3.63) is 0 Å². The van der Waals surface area contributed by atoms with Gasteiger partial charge >= 0.3 is 0 Å². The highest BCUT2D eigenvalue weighted by atomic mass is 15.3. The SMILES string of the molecule is CC(CCC(C)N1CCN(C)CC1)N1CCNCC1. The van der Waals surface area contributed by atoms with E-state index in [2.05, 4.69) is 40.9 Å². The normalized spacial score (nSPS) is 27.3. The minimum atomic E-state index is 0.747. The van der Waals surface area contributed by atoms with Crippen LogP contribution in [0.15, 0.2) is 0 Å². The minimum Gasteiger partial charge on any atom is -0.314 e. The van der Waals surface area contributed by atoms with Gasteiger partial charge in [0.05, 0.1) is 0 Å². The van der Waals surface area contributed by atoms with Gasteiger partial charge in [-0.1, -0.05) is 0 Å². The standard InChI is InChI=1S/C15H32N4/c1-14(18-8-6-16-7-9-18)4-5-15(2)19-12-10-17(3)11-13-19/h14-16H,4-13H2,1-3H3. The summed E-state index contributed by atoms with van der Waals surface area (Å²) in [7, 11) is 2.23. The van der Waals surface area contributed by atoms with Crippen LogP contribution in [0.3, 0.4) is 0 Å². The Balaban J connectivity index is 1.66. The van der Waals surface area contributed by atoms with Crippen LogP contribution in [0.5, 0.6) is 0 Å². The summed E-state index contributed by atoms with van der Waals surface area (Å²) in [4.78, 5) is 7.75. The Hall–Kier alpha value is -0.160. The van der Waals surface area contributed by atoms with Crippen LogP contribution in [-0.2, 0) is 0 Å². The van der Waals surface area contributed by atoms with Crippen LogP contribution in [0.25, 0.3) is 0 Å². The highest BCUT2D eigenvalue weighted by molar-refractivity contribution is 4.78. The molecule has 2 rings (SSSR count). The van der Waals surface area contributed by atoms with Gasteiger partial charge in [-0.05, 0) is 33.7 Å². The van der Waals surface area contributed by atoms with Gasteiger partial charge in [0.15, 0.2) is 0 Å². The van der Waals surface area contributed by atoms with Crippen molar-refractivity contribution < 1.29 is 0 Å². The smallest absolute Gasteiger partial charge is 0.0113 e. The molecule has 0 bridgehead atoms. The topological polar surface area (TPSA) is 21.8 Å². The van der Waals surface area contributed by atoms with E-state index >= 15 is 0 Å². The molecular weight excluding hydrogens is 236 g/mol. The van der Waals surface area contributed by atoms with Crippen molar-refractivity contribution in [2.45, 2.75) is 38.8 Å². The second-order valence-electron chi connectivity index (χ2n) is 6.40. The van der Waals surface area contributed by atoms with Crippen molar-refractivity contribution in [3.63, 3.8) is 0 Å². The first kappa shape index (κ1) is 15.2. The van der Waals surface area contributed by atoms with Crippen molar-refractivity contribution in [3.8, 4) is 0 Å². The molecule has 2 fully saturated rings. The quantitative estimate of drug-likeness (QED) is 0.792. The van der Waals surface area contributed by atoms with Crippen LogP contribution in [0.4, 0.5) is 0 Å². The summed E-state index contributed by atoms with van der Waals surface area (Å²) >= 11 is 0. The number of hydrogen-bond acceptors (Lipinski definition) is 4. The molecule has 19 heavy (non-hydrogen) atoms. The Bertz CT molecular complexity index is 245. The Morgan fingerprint density at radius 2 is 1.26 bits per heavy atom. The van der Waals surface area contributed by atoms with Gasteiger partial charge in [0.1, 0.15) is 0 Å². The molecule has 4 heteroatoms. The summed E-state index contributed by atoms with van der Waals surface area (Å²) in [6.07, 6.45) is 2.68. The van der Waals surface area contributed by atoms with Gasteiger partial charge in [-0.25, -0.2) is 0 Å². The van der Waals surface area contributed by atoms with Crippen LogP contribution in [-0.4, -0.2) is 86.2 Å². The fraction of sp³-hybridized carbons (Fsp3) is 1.00. The third-order valence-corrected chi connectivity index (χ3v) is 4.94. The average Bonchev–Trinajstić information content (AvgIpc) is 2.46. The summed E-state index contributed by atoms with van der Waals surface area (Å²) in [6.45, 7) is 14.6. The Morgan fingerprint density at radius 1 is 0.789 bits per heavy atom. The van der Waals surface area contributed by atoms with E-state index in [-0.39, 0.29) is 0 Å². The van der Waals surface area contributed by atoms with Crippen molar-refractivity contribution in [1.82, 2.24) is 20.0 Å². The highest BCUT2D eigenvalue weighted by Gasteiger charge is 2.21. The number of likely N-dealkylation sites (N-methyl/N-ethyl adjacent to an activating group) is 1. The number of nitrogens with one attached hydrogen (secondary N) is 1. The van der Waals surface area contributed by atoms with E-state index < -0.39 is 0 Å². The third-order valence-electron chi connectivity index (χ3n) is 4.94. The van der Waals surface area contributed by atoms with Gasteiger partial charge in [0.25, 0.3) is 0 Å². The van der Waals surface area contributed by atoms with Crippen molar-refractivity contribution in [2.75, 3.05) is 59.4 Å². The molecule has 2 aliphatic rings. The van der Waals surface area contributed by atoms with Crippen LogP contribution in [0.2, 0.25) is 0 Å². The monoisotopic (exact) mass is 268 g/mol. The van der Waals surface area contributed by atoms with E-state index in [0.717, 1.165) is 12.1 Å². The molecule has 2 aliphatic heterocycles. The molecule has 1 N–H and O–H groups in total. The lowest BCUT2D eigenvalue weighted by Crippen LogP contribution is -2.49. The molecule has 0 spiro atoms. The van der Waals surface area contributed by atoms with E-state index in [4.69, 9.17) is 0 Å². The number of nitrogens with zero attached hydrogens (tertiary/aromatic N) is 3. The summed E-state index contributed by atoms with van der Waals surface area (Å²) in [5.74, 6) is 0. The fourth-order valence-electron chi connectivity index (χ4n) is 3.23. The molecular formula is C15H32N4. The van der Waals surface area contributed by atoms with Gasteiger partial charge < -0.3 is 10.2 Å². The van der Waals surface area contributed by atoms with Crippen molar-refractivity contribution in [1.29, 1.82) is 0 Å². The van der Waals surface area contributed by atoms with E-state index in [1.807, 2.05) is 0 Å². The van der Waals surface area contributed by atoms with E-state index in [1.165, 1.54) is 65.2 Å². The van der Waals surface area contributed by atoms with Crippen molar-refractivity contribution in [2.24, 2.45) is 0 Å². The predicted octanol–water partition coefficient (Wildman–Crippen LogP) is 0.696. The molecule has 0 aromatic carbocycles. The number of rotatable bonds is 5. The maximum absolute atomic E-state index is 3.44. The highest BCUT2D eigenvalue weighted by Crippen LogP contribution is 2.14. The Morgan fingerprint density at radius 3 is 1.79 bits per heavy atom. The van der Waals surface area contributed by atoms with Gasteiger partial charge in [-0.3, -0.25) is 9.80 Å². The van der Waals surface area contributed by atoms with Crippen LogP contribution in [0, 0.1) is 0 Å². The summed E-state index contributed by atoms with van der Waals surface area (Å²) in [5, 5.41) is 3.44. The molecule has 112 valence electrons. The molecule has 0 saturated carbocycles. The molecule has 0 aromatic heterocycles. The molecule has 0 aromatic rings. The summed E-state index contributed by atoms with van der Waals surface area (Å²) in [6, 6.07) is 1.50. The molecule has 2 atom stereocenters. The first-order chi connectivity index (χ1) is 9.16. The maximum atomic E-state index is 3.44. The maximum Gasteiger partial charge on any atom is 0.0113 e. The summed E-state index contributed by atoms with van der Waals surface area (Å²) in [5.41, 5.74) is 0. The van der Waals surface area contributed by atoms with Gasteiger partial charge in [0, 0.05) is 64.4 Å². The third kappa shape index (κ3) is 4.71. The first-order valence-electron chi connectivity index (χ1n) is 8.04.